The maximum Gasteiger partial charge on any atom is 0.258 e. The number of benzene rings is 1. The molecule has 8 nitrogen and oxygen atoms in total. The van der Waals surface area contributed by atoms with Gasteiger partial charge in [0.2, 0.25) is 10.0 Å². The predicted octanol–water partition coefficient (Wildman–Crippen LogP) is 3.08. The number of fused-ring (bicyclic) bond motifs is 1. The fourth-order valence-corrected chi connectivity index (χ4v) is 4.05. The number of hydrogen-bond donors (Lipinski definition) is 3. The molecule has 0 aliphatic heterocycles. The highest BCUT2D eigenvalue weighted by atomic mass is 35.5. The number of nitrogens with zero attached hydrogens (tertiary/aromatic N) is 2. The molecule has 0 spiro atoms. The quantitative estimate of drug-likeness (QED) is 0.572. The van der Waals surface area contributed by atoms with Gasteiger partial charge in [-0.05, 0) is 19.1 Å². The van der Waals surface area contributed by atoms with Gasteiger partial charge in [-0.25, -0.2) is 22.8 Å². The van der Waals surface area contributed by atoms with Gasteiger partial charge in [-0.15, -0.1) is 11.3 Å². The van der Waals surface area contributed by atoms with Gasteiger partial charge in [0.25, 0.3) is 5.91 Å². The Morgan fingerprint density at radius 1 is 1.37 bits per heavy atom. The number of nitrogens with one attached hydrogen (secondary N) is 2. The second-order valence-corrected chi connectivity index (χ2v) is 8.60. The number of rotatable bonds is 5. The summed E-state index contributed by atoms with van der Waals surface area (Å²) in [6, 6.07) is 2.18. The third-order valence-corrected chi connectivity index (χ3v) is 6.28. The fraction of sp³-hybridized carbons (Fsp3) is 0.133. The highest BCUT2D eigenvalue weighted by Gasteiger charge is 2.21. The molecule has 2 aromatic heterocycles. The number of thiophene rings is 1. The third kappa shape index (κ3) is 3.80. The Morgan fingerprint density at radius 2 is 2.11 bits per heavy atom. The maximum atomic E-state index is 14.2. The van der Waals surface area contributed by atoms with Crippen LogP contribution in [0.25, 0.3) is 10.2 Å². The van der Waals surface area contributed by atoms with E-state index in [0.717, 1.165) is 6.07 Å². The number of carbonyl (C=O) groups is 1. The van der Waals surface area contributed by atoms with Gasteiger partial charge >= 0.3 is 0 Å². The van der Waals surface area contributed by atoms with Crippen molar-refractivity contribution in [2.45, 2.75) is 6.92 Å². The molecule has 0 saturated heterocycles. The van der Waals surface area contributed by atoms with Gasteiger partial charge in [0.05, 0.1) is 37.9 Å². The molecule has 0 fully saturated rings. The molecule has 0 saturated carbocycles. The van der Waals surface area contributed by atoms with Crippen LogP contribution < -0.4 is 15.8 Å². The number of halogens is 2. The standard InChI is InChI=1S/C15H13ClFN5O3S2/c1-2-27(24,25)22-9-4-3-8(17)12(10(9)16)21-15(23)7-5-26-13-11(7)19-6-20-14(13)18/h3-6,22H,2H2,1H3,(H,21,23)(H2,18,19,20). The number of nitrogens with two attached hydrogens (primary N) is 1. The van der Waals surface area contributed by atoms with Crippen molar-refractivity contribution in [2.24, 2.45) is 0 Å². The lowest BCUT2D eigenvalue weighted by Crippen LogP contribution is -2.17. The zero-order valence-electron chi connectivity index (χ0n) is 13.8. The number of nitrogen functional groups attached to an aromatic ring is 1. The Balaban J connectivity index is 1.97. The molecule has 0 aliphatic rings. The van der Waals surface area contributed by atoms with Gasteiger partial charge in [-0.3, -0.25) is 9.52 Å². The van der Waals surface area contributed by atoms with Crippen LogP contribution in [-0.2, 0) is 10.0 Å². The normalized spacial score (nSPS) is 11.5. The van der Waals surface area contributed by atoms with Gasteiger partial charge < -0.3 is 11.1 Å². The van der Waals surface area contributed by atoms with Crippen LogP contribution in [0.4, 0.5) is 21.6 Å². The first-order valence-corrected chi connectivity index (χ1v) is 10.4. The largest absolute Gasteiger partial charge is 0.382 e. The second kappa shape index (κ2) is 7.25. The molecule has 0 bridgehead atoms. The number of hydrogen-bond acceptors (Lipinski definition) is 7. The van der Waals surface area contributed by atoms with E-state index in [4.69, 9.17) is 17.3 Å². The Morgan fingerprint density at radius 3 is 2.81 bits per heavy atom. The van der Waals surface area contributed by atoms with Gasteiger partial charge in [0, 0.05) is 5.38 Å². The van der Waals surface area contributed by atoms with E-state index in [-0.39, 0.29) is 33.5 Å². The Kier molecular flexibility index (Phi) is 5.18. The van der Waals surface area contributed by atoms with Crippen LogP contribution in [0.5, 0.6) is 0 Å². The molecular formula is C15H13ClFN5O3S2. The molecule has 0 radical (unpaired) electrons. The summed E-state index contributed by atoms with van der Waals surface area (Å²) in [4.78, 5) is 20.5. The summed E-state index contributed by atoms with van der Waals surface area (Å²) in [6.07, 6.45) is 1.22. The van der Waals surface area contributed by atoms with Crippen molar-refractivity contribution in [3.63, 3.8) is 0 Å². The molecule has 27 heavy (non-hydrogen) atoms. The van der Waals surface area contributed by atoms with Crippen LogP contribution in [0.2, 0.25) is 5.02 Å². The minimum atomic E-state index is -3.63. The molecule has 3 aromatic rings. The highest BCUT2D eigenvalue weighted by molar-refractivity contribution is 7.92. The zero-order chi connectivity index (χ0) is 19.8. The predicted molar refractivity (Wildman–Crippen MR) is 104 cm³/mol. The molecule has 0 unspecified atom stereocenters. The van der Waals surface area contributed by atoms with Crippen molar-refractivity contribution < 1.29 is 17.6 Å². The third-order valence-electron chi connectivity index (χ3n) is 3.60. The van der Waals surface area contributed by atoms with Crippen molar-refractivity contribution in [1.82, 2.24) is 9.97 Å². The molecule has 0 atom stereocenters. The molecule has 3 rings (SSSR count). The minimum Gasteiger partial charge on any atom is -0.382 e. The van der Waals surface area contributed by atoms with E-state index in [9.17, 15) is 17.6 Å². The molecule has 4 N–H and O–H groups in total. The lowest BCUT2D eigenvalue weighted by molar-refractivity contribution is 0.102. The van der Waals surface area contributed by atoms with Gasteiger partial charge in [0.1, 0.15) is 18.0 Å². The average Bonchev–Trinajstić information content (AvgIpc) is 3.06. The number of anilines is 3. The Bertz CT molecular complexity index is 1150. The zero-order valence-corrected chi connectivity index (χ0v) is 16.2. The maximum absolute atomic E-state index is 14.2. The average molecular weight is 430 g/mol. The molecule has 12 heteroatoms. The summed E-state index contributed by atoms with van der Waals surface area (Å²) < 4.78 is 40.4. The molecule has 142 valence electrons. The van der Waals surface area contributed by atoms with E-state index >= 15 is 0 Å². The topological polar surface area (TPSA) is 127 Å². The minimum absolute atomic E-state index is 0.0445. The van der Waals surface area contributed by atoms with Crippen molar-refractivity contribution in [2.75, 3.05) is 21.5 Å². The lowest BCUT2D eigenvalue weighted by atomic mass is 10.2. The van der Waals surface area contributed by atoms with Gasteiger partial charge in [-0.1, -0.05) is 11.6 Å². The number of aromatic nitrogens is 2. The van der Waals surface area contributed by atoms with E-state index in [1.807, 2.05) is 0 Å². The van der Waals surface area contributed by atoms with E-state index in [1.54, 1.807) is 0 Å². The number of sulfonamides is 1. The first-order chi connectivity index (χ1) is 12.7. The van der Waals surface area contributed by atoms with Gasteiger partial charge in [0.15, 0.2) is 0 Å². The van der Waals surface area contributed by atoms with Crippen LogP contribution in [0.1, 0.15) is 17.3 Å². The monoisotopic (exact) mass is 429 g/mol. The first-order valence-electron chi connectivity index (χ1n) is 7.51. The molecule has 2 heterocycles. The summed E-state index contributed by atoms with van der Waals surface area (Å²) in [5.41, 5.74) is 5.84. The summed E-state index contributed by atoms with van der Waals surface area (Å²) in [7, 11) is -3.63. The van der Waals surface area contributed by atoms with Crippen molar-refractivity contribution in [3.05, 3.63) is 40.2 Å². The summed E-state index contributed by atoms with van der Waals surface area (Å²) in [6.45, 7) is 1.44. The Labute approximate surface area is 162 Å². The summed E-state index contributed by atoms with van der Waals surface area (Å²) >= 11 is 7.27. The van der Waals surface area contributed by atoms with E-state index in [0.29, 0.717) is 10.2 Å². The van der Waals surface area contributed by atoms with Crippen LogP contribution in [0.3, 0.4) is 0 Å². The smallest absolute Gasteiger partial charge is 0.258 e. The molecule has 1 aromatic carbocycles. The van der Waals surface area contributed by atoms with E-state index in [1.165, 1.54) is 36.0 Å². The SMILES string of the molecule is CCS(=O)(=O)Nc1ccc(F)c(NC(=O)c2csc3c(N)ncnc23)c1Cl. The van der Waals surface area contributed by atoms with Gasteiger partial charge in [-0.2, -0.15) is 0 Å². The molecular weight excluding hydrogens is 417 g/mol. The Hall–Kier alpha value is -2.50. The highest BCUT2D eigenvalue weighted by Crippen LogP contribution is 2.34. The molecule has 0 aliphatic carbocycles. The summed E-state index contributed by atoms with van der Waals surface area (Å²) in [5, 5.41) is 3.61. The van der Waals surface area contributed by atoms with Crippen molar-refractivity contribution in [1.29, 1.82) is 0 Å². The van der Waals surface area contributed by atoms with Crippen LogP contribution in [-0.4, -0.2) is 30.0 Å². The van der Waals surface area contributed by atoms with Crippen molar-refractivity contribution >= 4 is 66.3 Å². The van der Waals surface area contributed by atoms with Crippen LogP contribution in [0, 0.1) is 5.82 Å². The second-order valence-electron chi connectivity index (χ2n) is 5.33. The van der Waals surface area contributed by atoms with Crippen molar-refractivity contribution in [3.8, 4) is 0 Å². The number of carbonyl (C=O) groups excluding carboxylic acids is 1. The first kappa shape index (κ1) is 19.3. The molecule has 1 amide bonds. The lowest BCUT2D eigenvalue weighted by Gasteiger charge is -2.13. The van der Waals surface area contributed by atoms with E-state index < -0.39 is 21.7 Å². The van der Waals surface area contributed by atoms with Crippen LogP contribution >= 0.6 is 22.9 Å². The van der Waals surface area contributed by atoms with E-state index in [2.05, 4.69) is 20.0 Å². The fourth-order valence-electron chi connectivity index (χ4n) is 2.20. The number of amides is 1. The summed E-state index contributed by atoms with van der Waals surface area (Å²) in [5.74, 6) is -1.45. The van der Waals surface area contributed by atoms with Crippen LogP contribution in [0.15, 0.2) is 23.8 Å².